The highest BCUT2D eigenvalue weighted by molar-refractivity contribution is 6.37. The van der Waals surface area contributed by atoms with Crippen molar-refractivity contribution in [2.75, 3.05) is 0 Å². The van der Waals surface area contributed by atoms with E-state index < -0.39 is 68.4 Å². The Hall–Kier alpha value is -3.16. The van der Waals surface area contributed by atoms with E-state index in [1.807, 2.05) is 0 Å². The van der Waals surface area contributed by atoms with Gasteiger partial charge in [-0.3, -0.25) is 19.2 Å². The van der Waals surface area contributed by atoms with Crippen molar-refractivity contribution in [1.29, 1.82) is 0 Å². The molecule has 0 heterocycles. The summed E-state index contributed by atoms with van der Waals surface area (Å²) in [7, 11) is 0. The maximum Gasteiger partial charge on any atom is 0.232 e. The van der Waals surface area contributed by atoms with E-state index in [0.29, 0.717) is 0 Å². The van der Waals surface area contributed by atoms with E-state index in [2.05, 4.69) is 0 Å². The first-order valence-corrected chi connectivity index (χ1v) is 5.96. The maximum atomic E-state index is 12.2. The molecule has 1 aromatic rings. The fraction of sp³-hybridized carbons (Fsp3) is 0.143. The number of benzene rings is 1. The predicted molar refractivity (Wildman–Crippen MR) is 70.4 cm³/mol. The molecular formula is C14H10O8. The molecule has 8 nitrogen and oxygen atoms in total. The van der Waals surface area contributed by atoms with E-state index in [9.17, 15) is 39.6 Å². The third kappa shape index (κ3) is 1.77. The molecule has 1 aliphatic carbocycles. The lowest BCUT2D eigenvalue weighted by molar-refractivity contribution is -0.113. The van der Waals surface area contributed by atoms with Gasteiger partial charge in [-0.05, 0) is 13.8 Å². The van der Waals surface area contributed by atoms with Gasteiger partial charge in [-0.25, -0.2) is 0 Å². The van der Waals surface area contributed by atoms with E-state index >= 15 is 0 Å². The number of hydrogen-bond donors (Lipinski definition) is 4. The molecule has 4 N–H and O–H groups in total. The van der Waals surface area contributed by atoms with E-state index in [1.54, 1.807) is 0 Å². The van der Waals surface area contributed by atoms with E-state index in [-0.39, 0.29) is 0 Å². The highest BCUT2D eigenvalue weighted by atomic mass is 16.3. The molecule has 0 unspecified atom stereocenters. The standard InChI is InChI=1S/C14H10O8/c1-3(15)5-9(17)7-8(13(21)11(5)19)14(22)12(20)6(4(2)16)10(7)18/h17,19-21H,1-2H3. The van der Waals surface area contributed by atoms with Crippen LogP contribution in [0.5, 0.6) is 17.2 Å². The second kappa shape index (κ2) is 4.69. The molecule has 0 aliphatic heterocycles. The van der Waals surface area contributed by atoms with E-state index in [0.717, 1.165) is 13.8 Å². The molecule has 0 amide bonds. The van der Waals surface area contributed by atoms with Gasteiger partial charge in [0, 0.05) is 0 Å². The topological polar surface area (TPSA) is 149 Å². The minimum absolute atomic E-state index is 0.762. The molecule has 0 radical (unpaired) electrons. The first-order chi connectivity index (χ1) is 10.1. The molecule has 114 valence electrons. The SMILES string of the molecule is CC(=O)C1=C(O)C(=O)c2c(O)c(O)c(C(C)=O)c(O)c2C1=O. The second-order valence-corrected chi connectivity index (χ2v) is 4.67. The van der Waals surface area contributed by atoms with E-state index in [4.69, 9.17) is 0 Å². The van der Waals surface area contributed by atoms with Crippen LogP contribution < -0.4 is 0 Å². The molecule has 0 atom stereocenters. The van der Waals surface area contributed by atoms with Crippen molar-refractivity contribution in [2.45, 2.75) is 13.8 Å². The minimum Gasteiger partial charge on any atom is -0.506 e. The van der Waals surface area contributed by atoms with Crippen LogP contribution in [-0.4, -0.2) is 43.6 Å². The molecule has 0 saturated carbocycles. The van der Waals surface area contributed by atoms with Gasteiger partial charge in [0.15, 0.2) is 28.8 Å². The summed E-state index contributed by atoms with van der Waals surface area (Å²) in [4.78, 5) is 47.1. The smallest absolute Gasteiger partial charge is 0.232 e. The number of aliphatic hydroxyl groups is 1. The van der Waals surface area contributed by atoms with Gasteiger partial charge < -0.3 is 20.4 Å². The summed E-state index contributed by atoms with van der Waals surface area (Å²) in [6.07, 6.45) is 0. The highest BCUT2D eigenvalue weighted by Gasteiger charge is 2.41. The number of aromatic hydroxyl groups is 3. The van der Waals surface area contributed by atoms with Crippen LogP contribution in [0.3, 0.4) is 0 Å². The van der Waals surface area contributed by atoms with Crippen LogP contribution in [0.1, 0.15) is 44.9 Å². The van der Waals surface area contributed by atoms with Crippen molar-refractivity contribution in [1.82, 2.24) is 0 Å². The van der Waals surface area contributed by atoms with Crippen LogP contribution in [-0.2, 0) is 4.79 Å². The number of rotatable bonds is 2. The molecule has 0 bridgehead atoms. The van der Waals surface area contributed by atoms with Gasteiger partial charge in [0.25, 0.3) is 0 Å². The van der Waals surface area contributed by atoms with Gasteiger partial charge in [-0.2, -0.15) is 0 Å². The second-order valence-electron chi connectivity index (χ2n) is 4.67. The zero-order valence-corrected chi connectivity index (χ0v) is 11.4. The van der Waals surface area contributed by atoms with Crippen LogP contribution in [0.4, 0.5) is 0 Å². The largest absolute Gasteiger partial charge is 0.506 e. The average Bonchev–Trinajstić information content (AvgIpc) is 2.39. The molecule has 0 fully saturated rings. The highest BCUT2D eigenvalue weighted by Crippen LogP contribution is 2.46. The summed E-state index contributed by atoms with van der Waals surface area (Å²) >= 11 is 0. The molecule has 22 heavy (non-hydrogen) atoms. The van der Waals surface area contributed by atoms with Crippen molar-refractivity contribution in [3.05, 3.63) is 28.0 Å². The number of allylic oxidation sites excluding steroid dienone is 2. The van der Waals surface area contributed by atoms with Crippen LogP contribution in [0.25, 0.3) is 0 Å². The van der Waals surface area contributed by atoms with Gasteiger partial charge >= 0.3 is 0 Å². The Morgan fingerprint density at radius 3 is 1.68 bits per heavy atom. The summed E-state index contributed by atoms with van der Waals surface area (Å²) in [5.74, 6) is -8.83. The fourth-order valence-corrected chi connectivity index (χ4v) is 2.28. The summed E-state index contributed by atoms with van der Waals surface area (Å²) in [5.41, 5.74) is -3.31. The van der Waals surface area contributed by atoms with Crippen LogP contribution in [0.2, 0.25) is 0 Å². The number of phenolic OH excluding ortho intramolecular Hbond substituents is 3. The lowest BCUT2D eigenvalue weighted by Crippen LogP contribution is -2.26. The zero-order chi connectivity index (χ0) is 16.9. The molecule has 8 heteroatoms. The number of aliphatic hydroxyl groups excluding tert-OH is 1. The number of fused-ring (bicyclic) bond motifs is 1. The van der Waals surface area contributed by atoms with Crippen molar-refractivity contribution in [3.8, 4) is 17.2 Å². The number of phenols is 3. The first-order valence-electron chi connectivity index (χ1n) is 5.96. The van der Waals surface area contributed by atoms with E-state index in [1.165, 1.54) is 0 Å². The van der Waals surface area contributed by atoms with Gasteiger partial charge in [0.05, 0.1) is 11.1 Å². The van der Waals surface area contributed by atoms with Gasteiger partial charge in [0.2, 0.25) is 11.6 Å². The monoisotopic (exact) mass is 306 g/mol. The Morgan fingerprint density at radius 1 is 0.727 bits per heavy atom. The average molecular weight is 306 g/mol. The third-order valence-corrected chi connectivity index (χ3v) is 3.26. The molecule has 0 aromatic heterocycles. The number of ketones is 4. The van der Waals surface area contributed by atoms with Crippen molar-refractivity contribution in [2.24, 2.45) is 0 Å². The molecule has 2 rings (SSSR count). The lowest BCUT2D eigenvalue weighted by Gasteiger charge is -2.20. The Morgan fingerprint density at radius 2 is 1.23 bits per heavy atom. The molecule has 0 saturated heterocycles. The minimum atomic E-state index is -1.32. The summed E-state index contributed by atoms with van der Waals surface area (Å²) < 4.78 is 0. The predicted octanol–water partition coefficient (Wildman–Crippen LogP) is 0.786. The lowest BCUT2D eigenvalue weighted by atomic mass is 9.83. The van der Waals surface area contributed by atoms with Gasteiger partial charge in [-0.15, -0.1) is 0 Å². The Labute approximate surface area is 122 Å². The number of carbonyl (C=O) groups is 4. The van der Waals surface area contributed by atoms with Gasteiger partial charge in [0.1, 0.15) is 16.9 Å². The molecule has 1 aromatic carbocycles. The number of Topliss-reactive ketones (excluding diaryl/α,β-unsaturated/α-hetero) is 4. The van der Waals surface area contributed by atoms with Crippen LogP contribution >= 0.6 is 0 Å². The Kier molecular flexibility index (Phi) is 3.25. The summed E-state index contributed by atoms with van der Waals surface area (Å²) in [6.45, 7) is 1.87. The van der Waals surface area contributed by atoms with Crippen molar-refractivity contribution < 1.29 is 39.6 Å². The third-order valence-electron chi connectivity index (χ3n) is 3.26. The van der Waals surface area contributed by atoms with Crippen LogP contribution in [0, 0.1) is 0 Å². The first kappa shape index (κ1) is 15.2. The van der Waals surface area contributed by atoms with Crippen molar-refractivity contribution in [3.63, 3.8) is 0 Å². The Bertz CT molecular complexity index is 813. The molecule has 0 spiro atoms. The Balaban J connectivity index is 2.99. The fourth-order valence-electron chi connectivity index (χ4n) is 2.28. The maximum absolute atomic E-state index is 12.2. The molecular weight excluding hydrogens is 296 g/mol. The molecule has 1 aliphatic rings. The summed E-state index contributed by atoms with van der Waals surface area (Å²) in [6, 6.07) is 0. The number of hydrogen-bond acceptors (Lipinski definition) is 8. The van der Waals surface area contributed by atoms with Crippen molar-refractivity contribution >= 4 is 23.1 Å². The summed E-state index contributed by atoms with van der Waals surface area (Å²) in [5, 5.41) is 39.2. The van der Waals surface area contributed by atoms with Crippen LogP contribution in [0.15, 0.2) is 11.3 Å². The zero-order valence-electron chi connectivity index (χ0n) is 11.4. The quantitative estimate of drug-likeness (QED) is 0.271. The van der Waals surface area contributed by atoms with Gasteiger partial charge in [-0.1, -0.05) is 0 Å². The number of carbonyl (C=O) groups excluding carboxylic acids is 4. The normalized spacial score (nSPS) is 14.1.